The largest absolute Gasteiger partial charge is 0.312 e. The topological polar surface area (TPSA) is 55.2 Å². The Morgan fingerprint density at radius 1 is 1.32 bits per heavy atom. The third-order valence-electron chi connectivity index (χ3n) is 3.46. The van der Waals surface area contributed by atoms with E-state index in [0.717, 1.165) is 18.5 Å². The van der Waals surface area contributed by atoms with E-state index in [9.17, 15) is 10.1 Å². The molecule has 1 aliphatic rings. The highest BCUT2D eigenvalue weighted by atomic mass is 16.6. The molecule has 19 heavy (non-hydrogen) atoms. The predicted octanol–water partition coefficient (Wildman–Crippen LogP) is 3.57. The predicted molar refractivity (Wildman–Crippen MR) is 76.0 cm³/mol. The first kappa shape index (κ1) is 13.7. The molecule has 4 nitrogen and oxygen atoms in total. The molecule has 0 fully saturated rings. The van der Waals surface area contributed by atoms with Crippen LogP contribution in [0.4, 0.5) is 5.69 Å². The first-order valence-corrected chi connectivity index (χ1v) is 6.87. The maximum absolute atomic E-state index is 10.7. The first-order valence-electron chi connectivity index (χ1n) is 6.87. The van der Waals surface area contributed by atoms with Crippen LogP contribution in [0.15, 0.2) is 35.9 Å². The fourth-order valence-electron chi connectivity index (χ4n) is 2.39. The lowest BCUT2D eigenvalue weighted by atomic mass is 9.97. The molecule has 0 aliphatic heterocycles. The van der Waals surface area contributed by atoms with E-state index in [4.69, 9.17) is 0 Å². The minimum Gasteiger partial charge on any atom is -0.312 e. The normalized spacial score (nSPS) is 15.1. The van der Waals surface area contributed by atoms with Crippen LogP contribution in [-0.4, -0.2) is 11.5 Å². The summed E-state index contributed by atoms with van der Waals surface area (Å²) in [5, 5.41) is 14.0. The highest BCUT2D eigenvalue weighted by Gasteiger charge is 2.06. The minimum atomic E-state index is -0.351. The molecule has 0 radical (unpaired) electrons. The van der Waals surface area contributed by atoms with E-state index < -0.39 is 0 Å². The maximum Gasteiger partial charge on any atom is 0.269 e. The fourth-order valence-corrected chi connectivity index (χ4v) is 2.39. The van der Waals surface area contributed by atoms with Crippen molar-refractivity contribution in [3.63, 3.8) is 0 Å². The van der Waals surface area contributed by atoms with Crippen molar-refractivity contribution in [3.05, 3.63) is 51.6 Å². The summed E-state index contributed by atoms with van der Waals surface area (Å²) in [5.41, 5.74) is 2.68. The van der Waals surface area contributed by atoms with Gasteiger partial charge in [-0.25, -0.2) is 0 Å². The molecule has 1 aromatic carbocycles. The van der Waals surface area contributed by atoms with Crippen molar-refractivity contribution >= 4 is 5.69 Å². The minimum absolute atomic E-state index is 0.161. The van der Waals surface area contributed by atoms with Gasteiger partial charge in [-0.3, -0.25) is 10.1 Å². The van der Waals surface area contributed by atoms with Crippen LogP contribution in [0.3, 0.4) is 0 Å². The number of hydrogen-bond acceptors (Lipinski definition) is 3. The zero-order valence-electron chi connectivity index (χ0n) is 11.1. The number of nitro benzene ring substituents is 1. The van der Waals surface area contributed by atoms with Gasteiger partial charge in [0.15, 0.2) is 0 Å². The quantitative estimate of drug-likeness (QED) is 0.368. The molecule has 0 saturated carbocycles. The molecule has 102 valence electrons. The van der Waals surface area contributed by atoms with E-state index in [0.29, 0.717) is 6.54 Å². The van der Waals surface area contributed by atoms with E-state index >= 15 is 0 Å². The second kappa shape index (κ2) is 7.04. The van der Waals surface area contributed by atoms with Crippen LogP contribution in [0.5, 0.6) is 0 Å². The molecule has 1 aliphatic carbocycles. The standard InChI is InChI=1S/C15H20N2O2/c18-17(19)15-8-4-7-14(11-15)12-16-10-9-13-5-2-1-3-6-13/h4-5,7-8,11,16H,1-3,6,9-10,12H2. The number of rotatable bonds is 6. The van der Waals surface area contributed by atoms with Crippen LogP contribution in [0, 0.1) is 10.1 Å². The van der Waals surface area contributed by atoms with E-state index in [2.05, 4.69) is 11.4 Å². The molecule has 0 unspecified atom stereocenters. The number of non-ortho nitro benzene ring substituents is 1. The monoisotopic (exact) mass is 260 g/mol. The van der Waals surface area contributed by atoms with Crippen molar-refractivity contribution in [2.24, 2.45) is 0 Å². The third-order valence-corrected chi connectivity index (χ3v) is 3.46. The molecule has 0 amide bonds. The Bertz CT molecular complexity index is 469. The van der Waals surface area contributed by atoms with Crippen LogP contribution < -0.4 is 5.32 Å². The number of nitrogens with zero attached hydrogens (tertiary/aromatic N) is 1. The molecule has 0 aromatic heterocycles. The summed E-state index contributed by atoms with van der Waals surface area (Å²) >= 11 is 0. The van der Waals surface area contributed by atoms with E-state index in [1.807, 2.05) is 6.07 Å². The lowest BCUT2D eigenvalue weighted by molar-refractivity contribution is -0.384. The lowest BCUT2D eigenvalue weighted by Crippen LogP contribution is -2.15. The van der Waals surface area contributed by atoms with Crippen LogP contribution in [0.1, 0.15) is 37.7 Å². The number of benzene rings is 1. The van der Waals surface area contributed by atoms with Crippen LogP contribution >= 0.6 is 0 Å². The molecular weight excluding hydrogens is 240 g/mol. The molecule has 0 bridgehead atoms. The van der Waals surface area contributed by atoms with Gasteiger partial charge in [-0.1, -0.05) is 23.8 Å². The third kappa shape index (κ3) is 4.48. The van der Waals surface area contributed by atoms with Crippen LogP contribution in [0.25, 0.3) is 0 Å². The first-order chi connectivity index (χ1) is 9.25. The summed E-state index contributed by atoms with van der Waals surface area (Å²) < 4.78 is 0. The summed E-state index contributed by atoms with van der Waals surface area (Å²) in [7, 11) is 0. The number of nitro groups is 1. The summed E-state index contributed by atoms with van der Waals surface area (Å²) in [6, 6.07) is 6.81. The van der Waals surface area contributed by atoms with Gasteiger partial charge in [0.2, 0.25) is 0 Å². The zero-order valence-corrected chi connectivity index (χ0v) is 11.1. The summed E-state index contributed by atoms with van der Waals surface area (Å²) in [6.45, 7) is 1.63. The molecule has 0 saturated heterocycles. The second-order valence-corrected chi connectivity index (χ2v) is 4.96. The maximum atomic E-state index is 10.7. The molecule has 0 heterocycles. The average molecular weight is 260 g/mol. The molecule has 1 N–H and O–H groups in total. The molecule has 2 rings (SSSR count). The summed E-state index contributed by atoms with van der Waals surface area (Å²) in [5.74, 6) is 0. The number of allylic oxidation sites excluding steroid dienone is 1. The lowest BCUT2D eigenvalue weighted by Gasteiger charge is -2.12. The Morgan fingerprint density at radius 2 is 2.21 bits per heavy atom. The van der Waals surface area contributed by atoms with Crippen molar-refractivity contribution in [2.45, 2.75) is 38.6 Å². The van der Waals surface area contributed by atoms with Crippen LogP contribution in [0.2, 0.25) is 0 Å². The van der Waals surface area contributed by atoms with Gasteiger partial charge in [-0.15, -0.1) is 0 Å². The van der Waals surface area contributed by atoms with E-state index in [1.165, 1.54) is 31.7 Å². The van der Waals surface area contributed by atoms with Gasteiger partial charge in [0.1, 0.15) is 0 Å². The Morgan fingerprint density at radius 3 is 2.95 bits per heavy atom. The molecule has 4 heteroatoms. The zero-order chi connectivity index (χ0) is 13.5. The van der Waals surface area contributed by atoms with Gasteiger partial charge >= 0.3 is 0 Å². The van der Waals surface area contributed by atoms with Crippen molar-refractivity contribution in [2.75, 3.05) is 6.54 Å². The van der Waals surface area contributed by atoms with Crippen molar-refractivity contribution in [1.82, 2.24) is 5.32 Å². The van der Waals surface area contributed by atoms with Crippen molar-refractivity contribution in [3.8, 4) is 0 Å². The molecule has 0 atom stereocenters. The number of nitrogens with one attached hydrogen (secondary N) is 1. The van der Waals surface area contributed by atoms with Gasteiger partial charge < -0.3 is 5.32 Å². The van der Waals surface area contributed by atoms with Gasteiger partial charge in [0.25, 0.3) is 5.69 Å². The van der Waals surface area contributed by atoms with Crippen molar-refractivity contribution in [1.29, 1.82) is 0 Å². The van der Waals surface area contributed by atoms with E-state index in [-0.39, 0.29) is 10.6 Å². The van der Waals surface area contributed by atoms with Gasteiger partial charge in [-0.2, -0.15) is 0 Å². The highest BCUT2D eigenvalue weighted by molar-refractivity contribution is 5.34. The van der Waals surface area contributed by atoms with Gasteiger partial charge in [-0.05, 0) is 44.2 Å². The Hall–Kier alpha value is -1.68. The van der Waals surface area contributed by atoms with Gasteiger partial charge in [0.05, 0.1) is 4.92 Å². The fraction of sp³-hybridized carbons (Fsp3) is 0.467. The summed E-state index contributed by atoms with van der Waals surface area (Å²) in [4.78, 5) is 10.3. The Labute approximate surface area is 113 Å². The Kier molecular flexibility index (Phi) is 5.10. The Balaban J connectivity index is 1.74. The molecule has 1 aromatic rings. The second-order valence-electron chi connectivity index (χ2n) is 4.96. The van der Waals surface area contributed by atoms with Crippen molar-refractivity contribution < 1.29 is 4.92 Å². The van der Waals surface area contributed by atoms with Gasteiger partial charge in [0, 0.05) is 18.7 Å². The smallest absolute Gasteiger partial charge is 0.269 e. The average Bonchev–Trinajstić information content (AvgIpc) is 2.45. The summed E-state index contributed by atoms with van der Waals surface area (Å²) in [6.07, 6.45) is 8.55. The number of hydrogen-bond donors (Lipinski definition) is 1. The molecular formula is C15H20N2O2. The van der Waals surface area contributed by atoms with E-state index in [1.54, 1.807) is 17.7 Å². The highest BCUT2D eigenvalue weighted by Crippen LogP contribution is 2.19. The van der Waals surface area contributed by atoms with Crippen LogP contribution in [-0.2, 0) is 6.54 Å². The SMILES string of the molecule is O=[N+]([O-])c1cccc(CNCCC2=CCCCC2)c1. The molecule has 0 spiro atoms.